The van der Waals surface area contributed by atoms with Gasteiger partial charge in [-0.1, -0.05) is 0 Å². The lowest BCUT2D eigenvalue weighted by Gasteiger charge is -2.43. The van der Waals surface area contributed by atoms with E-state index in [4.69, 9.17) is 23.7 Å². The molecule has 0 saturated carbocycles. The van der Waals surface area contributed by atoms with Crippen LogP contribution in [0, 0.1) is 0 Å². The van der Waals surface area contributed by atoms with Gasteiger partial charge in [-0.15, -0.1) is 0 Å². The van der Waals surface area contributed by atoms with E-state index in [2.05, 4.69) is 0 Å². The molecule has 15 atom stereocenters. The van der Waals surface area contributed by atoms with Gasteiger partial charge in [-0.2, -0.15) is 0 Å². The van der Waals surface area contributed by atoms with Crippen LogP contribution in [0.15, 0.2) is 0 Å². The molecule has 0 bridgehead atoms. The Hall–Kier alpha value is -0.640. The van der Waals surface area contributed by atoms with Crippen LogP contribution >= 0.6 is 0 Å². The molecule has 0 spiro atoms. The number of hydrogen-bond donors (Lipinski definition) is 11. The van der Waals surface area contributed by atoms with Gasteiger partial charge in [0.25, 0.3) is 0 Å². The molecule has 0 aromatic carbocycles. The van der Waals surface area contributed by atoms with E-state index in [1.54, 1.807) is 0 Å². The van der Waals surface area contributed by atoms with Gasteiger partial charge in [0.2, 0.25) is 0 Å². The Kier molecular flexibility index (Phi) is 9.54. The van der Waals surface area contributed by atoms with Crippen molar-refractivity contribution in [3.8, 4) is 0 Å². The molecule has 16 heteroatoms. The summed E-state index contributed by atoms with van der Waals surface area (Å²) in [5, 5.41) is 108. The van der Waals surface area contributed by atoms with Gasteiger partial charge in [0.15, 0.2) is 18.9 Å². The average molecular weight is 504 g/mol. The van der Waals surface area contributed by atoms with E-state index in [0.29, 0.717) is 0 Å². The van der Waals surface area contributed by atoms with Crippen LogP contribution in [0.5, 0.6) is 0 Å². The summed E-state index contributed by atoms with van der Waals surface area (Å²) in [7, 11) is 0. The molecule has 0 amide bonds. The molecule has 3 saturated heterocycles. The smallest absolute Gasteiger partial charge is 0.186 e. The zero-order chi connectivity index (χ0) is 25.3. The molecule has 3 fully saturated rings. The predicted octanol–water partition coefficient (Wildman–Crippen LogP) is -7.57. The molecule has 3 aliphatic rings. The molecule has 3 aliphatic heterocycles. The van der Waals surface area contributed by atoms with Crippen molar-refractivity contribution in [3.05, 3.63) is 0 Å². The summed E-state index contributed by atoms with van der Waals surface area (Å²) in [5.74, 6) is 0. The summed E-state index contributed by atoms with van der Waals surface area (Å²) >= 11 is 0. The Morgan fingerprint density at radius 2 is 0.824 bits per heavy atom. The SMILES string of the molecule is OCC1O[C@H](OCC2O[C@H](OCC3O[C@H](O)C(O)[C@H](O)[C@@H]3O)C(O)[C@H](O)[C@@H]2O)C(O)[C@H](O)[C@@H]1O. The van der Waals surface area contributed by atoms with Crippen LogP contribution < -0.4 is 0 Å². The highest BCUT2D eigenvalue weighted by Gasteiger charge is 2.48. The van der Waals surface area contributed by atoms with E-state index in [-0.39, 0.29) is 0 Å². The van der Waals surface area contributed by atoms with Crippen molar-refractivity contribution < 1.29 is 79.9 Å². The van der Waals surface area contributed by atoms with Crippen molar-refractivity contribution >= 4 is 0 Å². The Labute approximate surface area is 192 Å². The fourth-order valence-corrected chi connectivity index (χ4v) is 3.84. The fraction of sp³-hybridized carbons (Fsp3) is 1.00. The second-order valence-electron chi connectivity index (χ2n) is 8.42. The highest BCUT2D eigenvalue weighted by Crippen LogP contribution is 2.27. The van der Waals surface area contributed by atoms with Gasteiger partial charge >= 0.3 is 0 Å². The standard InChI is InChI=1S/C18H32O16/c19-1-4-7(20)11(24)14(27)17(33-4)31-3-6-9(22)12(25)15(28)18(34-6)30-2-5-8(21)10(23)13(26)16(29)32-5/h4-29H,1-3H2/t4?,5?,6?,7-,8-,9-,10-,11-,12-,13?,14?,15?,16+,17+,18+/m1/s1. The minimum Gasteiger partial charge on any atom is -0.394 e. The van der Waals surface area contributed by atoms with Crippen LogP contribution in [-0.4, -0.2) is 168 Å². The third-order valence-electron chi connectivity index (χ3n) is 6.05. The lowest BCUT2D eigenvalue weighted by molar-refractivity contribution is -0.340. The van der Waals surface area contributed by atoms with Crippen LogP contribution in [0.2, 0.25) is 0 Å². The first kappa shape index (κ1) is 27.9. The topological polar surface area (TPSA) is 269 Å². The zero-order valence-electron chi connectivity index (χ0n) is 17.7. The Balaban J connectivity index is 1.58. The lowest BCUT2D eigenvalue weighted by atomic mass is 9.98. The van der Waals surface area contributed by atoms with Crippen LogP contribution in [0.3, 0.4) is 0 Å². The first-order valence-corrected chi connectivity index (χ1v) is 10.6. The molecule has 11 N–H and O–H groups in total. The Morgan fingerprint density at radius 1 is 0.441 bits per heavy atom. The van der Waals surface area contributed by atoms with Crippen molar-refractivity contribution in [3.63, 3.8) is 0 Å². The summed E-state index contributed by atoms with van der Waals surface area (Å²) in [4.78, 5) is 0. The van der Waals surface area contributed by atoms with Gasteiger partial charge in [0.1, 0.15) is 73.2 Å². The summed E-state index contributed by atoms with van der Waals surface area (Å²) in [6.45, 7) is -1.84. The molecule has 0 aromatic heterocycles. The molecule has 3 rings (SSSR count). The van der Waals surface area contributed by atoms with Gasteiger partial charge in [0.05, 0.1) is 19.8 Å². The van der Waals surface area contributed by atoms with Gasteiger partial charge in [-0.25, -0.2) is 0 Å². The molecule has 6 unspecified atom stereocenters. The monoisotopic (exact) mass is 504 g/mol. The van der Waals surface area contributed by atoms with Crippen LogP contribution in [0.25, 0.3) is 0 Å². The van der Waals surface area contributed by atoms with Gasteiger partial charge < -0.3 is 79.9 Å². The molecule has 16 nitrogen and oxygen atoms in total. The van der Waals surface area contributed by atoms with Crippen LogP contribution in [0.1, 0.15) is 0 Å². The molecule has 0 aliphatic carbocycles. The maximum Gasteiger partial charge on any atom is 0.186 e. The van der Waals surface area contributed by atoms with Crippen LogP contribution in [0.4, 0.5) is 0 Å². The molecule has 34 heavy (non-hydrogen) atoms. The van der Waals surface area contributed by atoms with Crippen molar-refractivity contribution in [1.82, 2.24) is 0 Å². The molecule has 0 aromatic rings. The number of rotatable bonds is 7. The number of aliphatic hydroxyl groups is 11. The van der Waals surface area contributed by atoms with Gasteiger partial charge in [0, 0.05) is 0 Å². The number of aliphatic hydroxyl groups excluding tert-OH is 11. The zero-order valence-corrected chi connectivity index (χ0v) is 17.7. The second-order valence-corrected chi connectivity index (χ2v) is 8.42. The molecular formula is C18H32O16. The summed E-state index contributed by atoms with van der Waals surface area (Å²) in [6.07, 6.45) is -24.4. The first-order chi connectivity index (χ1) is 16.0. The quantitative estimate of drug-likeness (QED) is 0.154. The number of ether oxygens (including phenoxy) is 5. The highest BCUT2D eigenvalue weighted by atomic mass is 16.7. The molecule has 200 valence electrons. The predicted molar refractivity (Wildman–Crippen MR) is 101 cm³/mol. The average Bonchev–Trinajstić information content (AvgIpc) is 2.82. The number of hydrogen-bond acceptors (Lipinski definition) is 16. The van der Waals surface area contributed by atoms with Gasteiger partial charge in [-0.3, -0.25) is 0 Å². The second kappa shape index (κ2) is 11.6. The van der Waals surface area contributed by atoms with E-state index >= 15 is 0 Å². The minimum absolute atomic E-state index is 0.570. The highest BCUT2D eigenvalue weighted by molar-refractivity contribution is 4.92. The Morgan fingerprint density at radius 3 is 1.29 bits per heavy atom. The fourth-order valence-electron chi connectivity index (χ4n) is 3.84. The van der Waals surface area contributed by atoms with Crippen molar-refractivity contribution in [2.75, 3.05) is 19.8 Å². The third-order valence-corrected chi connectivity index (χ3v) is 6.05. The van der Waals surface area contributed by atoms with E-state index in [0.717, 1.165) is 0 Å². The third kappa shape index (κ3) is 5.68. The van der Waals surface area contributed by atoms with Crippen LogP contribution in [-0.2, 0) is 23.7 Å². The molecule has 0 radical (unpaired) electrons. The lowest BCUT2D eigenvalue weighted by Crippen LogP contribution is -2.62. The van der Waals surface area contributed by atoms with Crippen molar-refractivity contribution in [1.29, 1.82) is 0 Å². The maximum atomic E-state index is 10.2. The van der Waals surface area contributed by atoms with E-state index < -0.39 is 112 Å². The van der Waals surface area contributed by atoms with E-state index in [1.807, 2.05) is 0 Å². The summed E-state index contributed by atoms with van der Waals surface area (Å²) in [6, 6.07) is 0. The Bertz CT molecular complexity index is 639. The summed E-state index contributed by atoms with van der Waals surface area (Å²) in [5.41, 5.74) is 0. The molecular weight excluding hydrogens is 472 g/mol. The van der Waals surface area contributed by atoms with Crippen molar-refractivity contribution in [2.45, 2.75) is 92.1 Å². The van der Waals surface area contributed by atoms with Crippen molar-refractivity contribution in [2.24, 2.45) is 0 Å². The normalized spacial score (nSPS) is 52.5. The van der Waals surface area contributed by atoms with E-state index in [1.165, 1.54) is 0 Å². The molecule has 3 heterocycles. The van der Waals surface area contributed by atoms with E-state index in [9.17, 15) is 56.2 Å². The largest absolute Gasteiger partial charge is 0.394 e. The summed E-state index contributed by atoms with van der Waals surface area (Å²) < 4.78 is 26.1. The minimum atomic E-state index is -1.82. The first-order valence-electron chi connectivity index (χ1n) is 10.6. The van der Waals surface area contributed by atoms with Gasteiger partial charge in [-0.05, 0) is 0 Å². The maximum absolute atomic E-state index is 10.2.